The second-order valence-electron chi connectivity index (χ2n) is 5.57. The third kappa shape index (κ3) is 3.91. The number of amides is 1. The molecule has 0 saturated carbocycles. The standard InChI is InChI=1S/C14H27N3O2/c1-3-13-12(4-9-19-13)10-16-14(18)11(2)17-7-5-15-6-8-17/h11-13,15H,3-10H2,1-2H3,(H,16,18). The second-order valence-corrected chi connectivity index (χ2v) is 5.57. The molecule has 2 aliphatic heterocycles. The van der Waals surface area contributed by atoms with E-state index in [-0.39, 0.29) is 11.9 Å². The van der Waals surface area contributed by atoms with Crippen molar-refractivity contribution in [2.75, 3.05) is 39.3 Å². The first-order chi connectivity index (χ1) is 9.22. The largest absolute Gasteiger partial charge is 0.378 e. The van der Waals surface area contributed by atoms with Crippen molar-refractivity contribution in [3.8, 4) is 0 Å². The maximum absolute atomic E-state index is 12.2. The van der Waals surface area contributed by atoms with Crippen molar-refractivity contribution in [1.82, 2.24) is 15.5 Å². The fraction of sp³-hybridized carbons (Fsp3) is 0.929. The number of hydrogen-bond acceptors (Lipinski definition) is 4. The molecule has 0 bridgehead atoms. The molecule has 3 atom stereocenters. The number of nitrogens with one attached hydrogen (secondary N) is 2. The summed E-state index contributed by atoms with van der Waals surface area (Å²) in [7, 11) is 0. The number of rotatable bonds is 5. The van der Waals surface area contributed by atoms with Gasteiger partial charge >= 0.3 is 0 Å². The van der Waals surface area contributed by atoms with Crippen LogP contribution in [0.15, 0.2) is 0 Å². The van der Waals surface area contributed by atoms with E-state index in [9.17, 15) is 4.79 Å². The lowest BCUT2D eigenvalue weighted by Gasteiger charge is -2.32. The van der Waals surface area contributed by atoms with Crippen molar-refractivity contribution < 1.29 is 9.53 Å². The monoisotopic (exact) mass is 269 g/mol. The number of nitrogens with zero attached hydrogens (tertiary/aromatic N) is 1. The minimum Gasteiger partial charge on any atom is -0.378 e. The molecule has 5 heteroatoms. The Labute approximate surface area is 116 Å². The molecule has 0 aromatic rings. The molecule has 2 saturated heterocycles. The molecule has 2 N–H and O–H groups in total. The minimum atomic E-state index is -0.0236. The van der Waals surface area contributed by atoms with Crippen LogP contribution in [0.25, 0.3) is 0 Å². The van der Waals surface area contributed by atoms with Gasteiger partial charge in [0.05, 0.1) is 12.1 Å². The molecule has 0 spiro atoms. The van der Waals surface area contributed by atoms with Crippen LogP contribution in [-0.4, -0.2) is 62.3 Å². The topological polar surface area (TPSA) is 53.6 Å². The van der Waals surface area contributed by atoms with Gasteiger partial charge in [-0.25, -0.2) is 0 Å². The van der Waals surface area contributed by atoms with Gasteiger partial charge in [0.25, 0.3) is 0 Å². The number of ether oxygens (including phenoxy) is 1. The Morgan fingerprint density at radius 1 is 1.47 bits per heavy atom. The summed E-state index contributed by atoms with van der Waals surface area (Å²) < 4.78 is 5.65. The Balaban J connectivity index is 1.73. The fourth-order valence-corrected chi connectivity index (χ4v) is 2.99. The zero-order valence-corrected chi connectivity index (χ0v) is 12.2. The summed E-state index contributed by atoms with van der Waals surface area (Å²) >= 11 is 0. The SMILES string of the molecule is CCC1OCCC1CNC(=O)C(C)N1CCNCC1. The van der Waals surface area contributed by atoms with Crippen LogP contribution in [0.3, 0.4) is 0 Å². The molecule has 0 aliphatic carbocycles. The Morgan fingerprint density at radius 3 is 2.89 bits per heavy atom. The maximum atomic E-state index is 12.2. The summed E-state index contributed by atoms with van der Waals surface area (Å²) in [6.07, 6.45) is 2.43. The van der Waals surface area contributed by atoms with Crippen LogP contribution >= 0.6 is 0 Å². The van der Waals surface area contributed by atoms with E-state index >= 15 is 0 Å². The van der Waals surface area contributed by atoms with Crippen LogP contribution in [0, 0.1) is 5.92 Å². The lowest BCUT2D eigenvalue weighted by molar-refractivity contribution is -0.126. The lowest BCUT2D eigenvalue weighted by Crippen LogP contribution is -2.53. The first-order valence-corrected chi connectivity index (χ1v) is 7.56. The molecule has 2 aliphatic rings. The molecule has 0 aromatic carbocycles. The van der Waals surface area contributed by atoms with Crippen LogP contribution in [0.2, 0.25) is 0 Å². The van der Waals surface area contributed by atoms with E-state index in [1.54, 1.807) is 0 Å². The molecule has 3 unspecified atom stereocenters. The van der Waals surface area contributed by atoms with E-state index in [0.717, 1.165) is 52.2 Å². The molecule has 0 aromatic heterocycles. The molecule has 2 rings (SSSR count). The van der Waals surface area contributed by atoms with Crippen LogP contribution < -0.4 is 10.6 Å². The number of piperazine rings is 1. The van der Waals surface area contributed by atoms with E-state index in [0.29, 0.717) is 12.0 Å². The van der Waals surface area contributed by atoms with Crippen LogP contribution in [-0.2, 0) is 9.53 Å². The van der Waals surface area contributed by atoms with Crippen molar-refractivity contribution >= 4 is 5.91 Å². The highest BCUT2D eigenvalue weighted by atomic mass is 16.5. The number of carbonyl (C=O) groups is 1. The van der Waals surface area contributed by atoms with E-state index < -0.39 is 0 Å². The lowest BCUT2D eigenvalue weighted by atomic mass is 9.99. The summed E-state index contributed by atoms with van der Waals surface area (Å²) in [5.41, 5.74) is 0. The molecule has 0 radical (unpaired) electrons. The van der Waals surface area contributed by atoms with Gasteiger partial charge in [0.2, 0.25) is 5.91 Å². The van der Waals surface area contributed by atoms with Crippen molar-refractivity contribution in [3.05, 3.63) is 0 Å². The van der Waals surface area contributed by atoms with Gasteiger partial charge < -0.3 is 15.4 Å². The molecule has 5 nitrogen and oxygen atoms in total. The first-order valence-electron chi connectivity index (χ1n) is 7.56. The van der Waals surface area contributed by atoms with Crippen LogP contribution in [0.1, 0.15) is 26.7 Å². The Hall–Kier alpha value is -0.650. The number of hydrogen-bond donors (Lipinski definition) is 2. The van der Waals surface area contributed by atoms with Gasteiger partial charge in [-0.2, -0.15) is 0 Å². The van der Waals surface area contributed by atoms with Gasteiger partial charge in [0.1, 0.15) is 0 Å². The minimum absolute atomic E-state index is 0.0236. The maximum Gasteiger partial charge on any atom is 0.237 e. The van der Waals surface area contributed by atoms with E-state index in [1.807, 2.05) is 6.92 Å². The van der Waals surface area contributed by atoms with Gasteiger partial charge in [0.15, 0.2) is 0 Å². The Bertz CT molecular complexity index is 292. The Kier molecular flexibility index (Phi) is 5.60. The van der Waals surface area contributed by atoms with Crippen molar-refractivity contribution in [1.29, 1.82) is 0 Å². The van der Waals surface area contributed by atoms with E-state index in [2.05, 4.69) is 22.5 Å². The summed E-state index contributed by atoms with van der Waals surface area (Å²) in [4.78, 5) is 14.4. The predicted molar refractivity (Wildman–Crippen MR) is 75.1 cm³/mol. The van der Waals surface area contributed by atoms with Gasteiger partial charge in [-0.1, -0.05) is 6.92 Å². The highest BCUT2D eigenvalue weighted by Gasteiger charge is 2.28. The average molecular weight is 269 g/mol. The third-order valence-corrected chi connectivity index (χ3v) is 4.37. The van der Waals surface area contributed by atoms with Crippen molar-refractivity contribution in [2.45, 2.75) is 38.8 Å². The van der Waals surface area contributed by atoms with Gasteiger partial charge in [0, 0.05) is 45.2 Å². The smallest absolute Gasteiger partial charge is 0.237 e. The van der Waals surface area contributed by atoms with E-state index in [1.165, 1.54) is 0 Å². The first kappa shape index (κ1) is 14.8. The molecule has 2 fully saturated rings. The molecular weight excluding hydrogens is 242 g/mol. The second kappa shape index (κ2) is 7.22. The summed E-state index contributed by atoms with van der Waals surface area (Å²) in [5, 5.41) is 6.41. The zero-order valence-electron chi connectivity index (χ0n) is 12.2. The van der Waals surface area contributed by atoms with Crippen molar-refractivity contribution in [3.63, 3.8) is 0 Å². The summed E-state index contributed by atoms with van der Waals surface area (Å²) in [6, 6.07) is -0.0236. The molecule has 110 valence electrons. The fourth-order valence-electron chi connectivity index (χ4n) is 2.99. The van der Waals surface area contributed by atoms with Gasteiger partial charge in [-0.3, -0.25) is 9.69 Å². The predicted octanol–water partition coefficient (Wildman–Crippen LogP) is 0.211. The van der Waals surface area contributed by atoms with Crippen LogP contribution in [0.4, 0.5) is 0 Å². The molecule has 19 heavy (non-hydrogen) atoms. The number of carbonyl (C=O) groups excluding carboxylic acids is 1. The molecule has 1 amide bonds. The zero-order chi connectivity index (χ0) is 13.7. The van der Waals surface area contributed by atoms with E-state index in [4.69, 9.17) is 4.74 Å². The van der Waals surface area contributed by atoms with Gasteiger partial charge in [-0.15, -0.1) is 0 Å². The Morgan fingerprint density at radius 2 is 2.21 bits per heavy atom. The molecular formula is C14H27N3O2. The van der Waals surface area contributed by atoms with Gasteiger partial charge in [-0.05, 0) is 19.8 Å². The quantitative estimate of drug-likeness (QED) is 0.749. The molecule has 2 heterocycles. The summed E-state index contributed by atoms with van der Waals surface area (Å²) in [6.45, 7) is 9.62. The third-order valence-electron chi connectivity index (χ3n) is 4.37. The highest BCUT2D eigenvalue weighted by molar-refractivity contribution is 5.81. The normalized spacial score (nSPS) is 30.2. The average Bonchev–Trinajstić information content (AvgIpc) is 2.92. The summed E-state index contributed by atoms with van der Waals surface area (Å²) in [5.74, 6) is 0.646. The highest BCUT2D eigenvalue weighted by Crippen LogP contribution is 2.22. The van der Waals surface area contributed by atoms with Crippen LogP contribution in [0.5, 0.6) is 0 Å². The van der Waals surface area contributed by atoms with Crippen molar-refractivity contribution in [2.24, 2.45) is 5.92 Å².